The summed E-state index contributed by atoms with van der Waals surface area (Å²) in [7, 11) is 0. The minimum absolute atomic E-state index is 0.512. The van der Waals surface area contributed by atoms with Crippen LogP contribution in [0.2, 0.25) is 0 Å². The molecule has 1 aromatic heterocycles. The molecule has 0 bridgehead atoms. The third kappa shape index (κ3) is 2.42. The summed E-state index contributed by atoms with van der Waals surface area (Å²) in [6, 6.07) is 0.512. The van der Waals surface area contributed by atoms with E-state index in [0.29, 0.717) is 17.8 Å². The van der Waals surface area contributed by atoms with Crippen molar-refractivity contribution in [1.29, 1.82) is 0 Å². The van der Waals surface area contributed by atoms with Crippen LogP contribution < -0.4 is 11.1 Å². The maximum atomic E-state index is 5.94. The molecule has 1 aromatic rings. The second kappa shape index (κ2) is 5.12. The van der Waals surface area contributed by atoms with Gasteiger partial charge in [0.15, 0.2) is 0 Å². The summed E-state index contributed by atoms with van der Waals surface area (Å²) in [4.78, 5) is 8.86. The number of nitrogens with zero attached hydrogens (tertiary/aromatic N) is 2. The second-order valence-corrected chi connectivity index (χ2v) is 5.52. The van der Waals surface area contributed by atoms with Crippen molar-refractivity contribution in [1.82, 2.24) is 9.97 Å². The number of hydrogen-bond acceptors (Lipinski definition) is 4. The van der Waals surface area contributed by atoms with Gasteiger partial charge in [0.25, 0.3) is 0 Å². The van der Waals surface area contributed by atoms with Gasteiger partial charge < -0.3 is 11.1 Å². The fourth-order valence-corrected chi connectivity index (χ4v) is 2.62. The van der Waals surface area contributed by atoms with E-state index in [1.165, 1.54) is 12.8 Å². The van der Waals surface area contributed by atoms with E-state index in [1.807, 2.05) is 13.8 Å². The van der Waals surface area contributed by atoms with Gasteiger partial charge in [-0.15, -0.1) is 0 Å². The molecule has 1 aliphatic rings. The number of anilines is 2. The van der Waals surface area contributed by atoms with Gasteiger partial charge in [0.2, 0.25) is 0 Å². The van der Waals surface area contributed by atoms with Gasteiger partial charge in [0.05, 0.1) is 0 Å². The van der Waals surface area contributed by atoms with Crippen molar-refractivity contribution in [3.63, 3.8) is 0 Å². The molecular weight excluding hydrogens is 224 g/mol. The Labute approximate surface area is 109 Å². The Morgan fingerprint density at radius 1 is 1.28 bits per heavy atom. The van der Waals surface area contributed by atoms with Crippen LogP contribution in [-0.4, -0.2) is 16.0 Å². The Bertz CT molecular complexity index is 430. The summed E-state index contributed by atoms with van der Waals surface area (Å²) in [5, 5.41) is 3.57. The molecule has 0 amide bonds. The average molecular weight is 248 g/mol. The fourth-order valence-electron chi connectivity index (χ4n) is 2.62. The molecule has 1 fully saturated rings. The zero-order valence-electron chi connectivity index (χ0n) is 11.8. The van der Waals surface area contributed by atoms with Crippen LogP contribution in [0, 0.1) is 18.8 Å². The van der Waals surface area contributed by atoms with Crippen LogP contribution in [0.25, 0.3) is 0 Å². The molecule has 0 aromatic carbocycles. The zero-order chi connectivity index (χ0) is 13.3. The first kappa shape index (κ1) is 13.1. The first-order valence-corrected chi connectivity index (χ1v) is 6.92. The van der Waals surface area contributed by atoms with E-state index in [1.54, 1.807) is 0 Å². The Hall–Kier alpha value is -1.32. The number of nitrogens with two attached hydrogens (primary N) is 1. The van der Waals surface area contributed by atoms with E-state index in [9.17, 15) is 0 Å². The lowest BCUT2D eigenvalue weighted by molar-refractivity contribution is 0.435. The molecule has 100 valence electrons. The number of aromatic nitrogens is 2. The molecule has 1 saturated carbocycles. The highest BCUT2D eigenvalue weighted by Crippen LogP contribution is 2.33. The Balaban J connectivity index is 2.21. The quantitative estimate of drug-likeness (QED) is 0.863. The molecule has 2 rings (SSSR count). The number of nitrogens with one attached hydrogen (secondary N) is 1. The van der Waals surface area contributed by atoms with Crippen LogP contribution in [0.3, 0.4) is 0 Å². The van der Waals surface area contributed by atoms with Gasteiger partial charge in [-0.25, -0.2) is 9.97 Å². The third-order valence-corrected chi connectivity index (χ3v) is 4.33. The van der Waals surface area contributed by atoms with E-state index in [-0.39, 0.29) is 0 Å². The fraction of sp³-hybridized carbons (Fsp3) is 0.714. The van der Waals surface area contributed by atoms with Gasteiger partial charge in [-0.3, -0.25) is 0 Å². The average Bonchev–Trinajstić information content (AvgIpc) is 2.66. The van der Waals surface area contributed by atoms with Crippen LogP contribution in [0.15, 0.2) is 0 Å². The molecule has 0 spiro atoms. The van der Waals surface area contributed by atoms with Crippen molar-refractivity contribution >= 4 is 11.6 Å². The summed E-state index contributed by atoms with van der Waals surface area (Å²) in [6.45, 7) is 8.68. The highest BCUT2D eigenvalue weighted by atomic mass is 15.1. The molecule has 0 saturated heterocycles. The summed E-state index contributed by atoms with van der Waals surface area (Å²) in [5.74, 6) is 3.81. The van der Waals surface area contributed by atoms with Crippen molar-refractivity contribution in [3.05, 3.63) is 11.4 Å². The van der Waals surface area contributed by atoms with Crippen molar-refractivity contribution in [2.75, 3.05) is 11.1 Å². The van der Waals surface area contributed by atoms with Gasteiger partial charge in [-0.1, -0.05) is 20.8 Å². The molecule has 1 aliphatic carbocycles. The number of hydrogen-bond donors (Lipinski definition) is 2. The monoisotopic (exact) mass is 248 g/mol. The molecular formula is C14H24N4. The van der Waals surface area contributed by atoms with Crippen molar-refractivity contribution in [2.45, 2.75) is 53.0 Å². The second-order valence-electron chi connectivity index (χ2n) is 5.52. The number of nitrogen functional groups attached to an aromatic ring is 1. The normalized spacial score (nSPS) is 27.4. The van der Waals surface area contributed by atoms with E-state index in [0.717, 1.165) is 29.5 Å². The molecule has 3 N–H and O–H groups in total. The maximum Gasteiger partial charge on any atom is 0.134 e. The zero-order valence-corrected chi connectivity index (χ0v) is 11.8. The van der Waals surface area contributed by atoms with Gasteiger partial charge >= 0.3 is 0 Å². The van der Waals surface area contributed by atoms with Crippen LogP contribution in [0.1, 0.15) is 45.0 Å². The highest BCUT2D eigenvalue weighted by Gasteiger charge is 2.30. The molecule has 0 radical (unpaired) electrons. The van der Waals surface area contributed by atoms with Crippen LogP contribution >= 0.6 is 0 Å². The Kier molecular flexibility index (Phi) is 3.73. The predicted molar refractivity (Wildman–Crippen MR) is 75.5 cm³/mol. The minimum Gasteiger partial charge on any atom is -0.383 e. The minimum atomic E-state index is 0.512. The van der Waals surface area contributed by atoms with Gasteiger partial charge in [0.1, 0.15) is 17.5 Å². The molecule has 0 aliphatic heterocycles. The number of aryl methyl sites for hydroxylation is 1. The van der Waals surface area contributed by atoms with Crippen molar-refractivity contribution in [3.8, 4) is 0 Å². The maximum absolute atomic E-state index is 5.94. The van der Waals surface area contributed by atoms with E-state index in [4.69, 9.17) is 5.73 Å². The summed E-state index contributed by atoms with van der Waals surface area (Å²) in [5.41, 5.74) is 6.91. The standard InChI is InChI=1S/C14H24N4/c1-5-12-17-13(15)10(4)14(18-12)16-11-7-6-8(2)9(11)3/h8-9,11H,5-7H2,1-4H3,(H3,15,16,17,18). The summed E-state index contributed by atoms with van der Waals surface area (Å²) in [6.07, 6.45) is 3.32. The molecule has 3 unspecified atom stereocenters. The smallest absolute Gasteiger partial charge is 0.134 e. The number of rotatable bonds is 3. The SMILES string of the molecule is CCc1nc(N)c(C)c(NC2CCC(C)C2C)n1. The lowest BCUT2D eigenvalue weighted by Crippen LogP contribution is -2.25. The van der Waals surface area contributed by atoms with E-state index < -0.39 is 0 Å². The van der Waals surface area contributed by atoms with Crippen molar-refractivity contribution < 1.29 is 0 Å². The summed E-state index contributed by atoms with van der Waals surface area (Å²) < 4.78 is 0. The van der Waals surface area contributed by atoms with Gasteiger partial charge in [0, 0.05) is 18.0 Å². The van der Waals surface area contributed by atoms with Gasteiger partial charge in [-0.05, 0) is 31.6 Å². The van der Waals surface area contributed by atoms with E-state index >= 15 is 0 Å². The molecule has 3 atom stereocenters. The summed E-state index contributed by atoms with van der Waals surface area (Å²) >= 11 is 0. The Morgan fingerprint density at radius 3 is 2.56 bits per heavy atom. The van der Waals surface area contributed by atoms with Crippen LogP contribution in [0.4, 0.5) is 11.6 Å². The highest BCUT2D eigenvalue weighted by molar-refractivity contribution is 5.55. The first-order valence-electron chi connectivity index (χ1n) is 6.92. The molecule has 18 heavy (non-hydrogen) atoms. The van der Waals surface area contributed by atoms with E-state index in [2.05, 4.69) is 29.1 Å². The molecule has 4 nitrogen and oxygen atoms in total. The molecule has 1 heterocycles. The Morgan fingerprint density at radius 2 is 2.00 bits per heavy atom. The third-order valence-electron chi connectivity index (χ3n) is 4.33. The predicted octanol–water partition coefficient (Wildman–Crippen LogP) is 2.78. The van der Waals surface area contributed by atoms with Crippen LogP contribution in [0.5, 0.6) is 0 Å². The largest absolute Gasteiger partial charge is 0.383 e. The first-order chi connectivity index (χ1) is 8.52. The van der Waals surface area contributed by atoms with Crippen LogP contribution in [-0.2, 0) is 6.42 Å². The van der Waals surface area contributed by atoms with Crippen molar-refractivity contribution in [2.24, 2.45) is 11.8 Å². The lowest BCUT2D eigenvalue weighted by atomic mass is 9.98. The molecule has 4 heteroatoms. The topological polar surface area (TPSA) is 63.8 Å². The lowest BCUT2D eigenvalue weighted by Gasteiger charge is -2.22. The van der Waals surface area contributed by atoms with Gasteiger partial charge in [-0.2, -0.15) is 0 Å².